The minimum absolute atomic E-state index is 0.145. The van der Waals surface area contributed by atoms with Crippen LogP contribution in [0.25, 0.3) is 0 Å². The number of piperidine rings is 1. The summed E-state index contributed by atoms with van der Waals surface area (Å²) in [6, 6.07) is 6.65. The Labute approximate surface area is 142 Å². The van der Waals surface area contributed by atoms with Crippen LogP contribution in [-0.2, 0) is 5.41 Å². The van der Waals surface area contributed by atoms with Gasteiger partial charge in [0.25, 0.3) is 0 Å². The van der Waals surface area contributed by atoms with Crippen molar-refractivity contribution in [1.82, 2.24) is 4.90 Å². The van der Waals surface area contributed by atoms with Crippen molar-refractivity contribution in [3.63, 3.8) is 0 Å². The van der Waals surface area contributed by atoms with Crippen LogP contribution in [0.4, 0.5) is 0 Å². The van der Waals surface area contributed by atoms with E-state index in [1.54, 1.807) is 7.11 Å². The predicted molar refractivity (Wildman–Crippen MR) is 98.3 cm³/mol. The van der Waals surface area contributed by atoms with Crippen LogP contribution in [0.15, 0.2) is 18.2 Å². The molecule has 0 amide bonds. The molecule has 0 bridgehead atoms. The molecule has 2 rings (SSSR count). The maximum Gasteiger partial charge on any atom is 0.122 e. The van der Waals surface area contributed by atoms with Gasteiger partial charge < -0.3 is 15.4 Å². The second kappa shape index (κ2) is 7.67. The molecule has 0 radical (unpaired) electrons. The third-order valence-electron chi connectivity index (χ3n) is 5.40. The standard InChI is InChI=1S/C20H34N2O/c1-6-22-11-9-15(10-12-22)18(14-21)17-13-16(20(2,3)4)7-8-19(17)23-5/h7-8,13,15,18H,6,9-12,14,21H2,1-5H3. The molecule has 1 heterocycles. The van der Waals surface area contributed by atoms with Crippen molar-refractivity contribution >= 4 is 0 Å². The van der Waals surface area contributed by atoms with Crippen molar-refractivity contribution in [2.75, 3.05) is 33.3 Å². The zero-order valence-corrected chi connectivity index (χ0v) is 15.6. The van der Waals surface area contributed by atoms with Gasteiger partial charge in [-0.05, 0) is 67.5 Å². The fourth-order valence-electron chi connectivity index (χ4n) is 3.74. The molecule has 1 saturated heterocycles. The van der Waals surface area contributed by atoms with E-state index < -0.39 is 0 Å². The third-order valence-corrected chi connectivity index (χ3v) is 5.40. The van der Waals surface area contributed by atoms with Gasteiger partial charge in [0.2, 0.25) is 0 Å². The molecule has 2 N–H and O–H groups in total. The summed E-state index contributed by atoms with van der Waals surface area (Å²) in [6.07, 6.45) is 2.47. The number of rotatable bonds is 5. The highest BCUT2D eigenvalue weighted by molar-refractivity contribution is 5.42. The molecule has 0 aliphatic carbocycles. The van der Waals surface area contributed by atoms with E-state index >= 15 is 0 Å². The van der Waals surface area contributed by atoms with E-state index in [4.69, 9.17) is 10.5 Å². The van der Waals surface area contributed by atoms with Crippen LogP contribution in [0.3, 0.4) is 0 Å². The highest BCUT2D eigenvalue weighted by Gasteiger charge is 2.29. The Bertz CT molecular complexity index is 499. The largest absolute Gasteiger partial charge is 0.496 e. The summed E-state index contributed by atoms with van der Waals surface area (Å²) in [5.74, 6) is 2.05. The van der Waals surface area contributed by atoms with Gasteiger partial charge >= 0.3 is 0 Å². The van der Waals surface area contributed by atoms with Gasteiger partial charge in [0.1, 0.15) is 5.75 Å². The van der Waals surface area contributed by atoms with Gasteiger partial charge in [-0.3, -0.25) is 0 Å². The lowest BCUT2D eigenvalue weighted by molar-refractivity contribution is 0.175. The predicted octanol–water partition coefficient (Wildman–Crippen LogP) is 3.77. The van der Waals surface area contributed by atoms with E-state index in [2.05, 4.69) is 50.8 Å². The van der Waals surface area contributed by atoms with E-state index in [1.807, 2.05) is 0 Å². The molecule has 3 nitrogen and oxygen atoms in total. The average molecular weight is 319 g/mol. The lowest BCUT2D eigenvalue weighted by Gasteiger charge is -2.36. The smallest absolute Gasteiger partial charge is 0.122 e. The molecule has 1 aliphatic heterocycles. The number of likely N-dealkylation sites (tertiary alicyclic amines) is 1. The zero-order valence-electron chi connectivity index (χ0n) is 15.6. The lowest BCUT2D eigenvalue weighted by atomic mass is 9.77. The van der Waals surface area contributed by atoms with Gasteiger partial charge in [0, 0.05) is 5.92 Å². The second-order valence-electron chi connectivity index (χ2n) is 7.82. The fraction of sp³-hybridized carbons (Fsp3) is 0.700. The van der Waals surface area contributed by atoms with Crippen molar-refractivity contribution in [3.8, 4) is 5.75 Å². The number of nitrogens with zero attached hydrogens (tertiary/aromatic N) is 1. The summed E-state index contributed by atoms with van der Waals surface area (Å²) >= 11 is 0. The molecule has 1 unspecified atom stereocenters. The van der Waals surface area contributed by atoms with Crippen LogP contribution in [0, 0.1) is 5.92 Å². The third kappa shape index (κ3) is 4.27. The first-order valence-electron chi connectivity index (χ1n) is 9.01. The Balaban J connectivity index is 2.29. The minimum Gasteiger partial charge on any atom is -0.496 e. The van der Waals surface area contributed by atoms with Crippen molar-refractivity contribution in [3.05, 3.63) is 29.3 Å². The topological polar surface area (TPSA) is 38.5 Å². The summed E-state index contributed by atoms with van der Waals surface area (Å²) in [5, 5.41) is 0. The first-order chi connectivity index (χ1) is 10.9. The van der Waals surface area contributed by atoms with Crippen LogP contribution < -0.4 is 10.5 Å². The van der Waals surface area contributed by atoms with Gasteiger partial charge in [-0.15, -0.1) is 0 Å². The summed E-state index contributed by atoms with van der Waals surface area (Å²) < 4.78 is 5.66. The Morgan fingerprint density at radius 1 is 1.26 bits per heavy atom. The highest BCUT2D eigenvalue weighted by Crippen LogP contribution is 2.38. The van der Waals surface area contributed by atoms with Crippen molar-refractivity contribution < 1.29 is 4.74 Å². The van der Waals surface area contributed by atoms with Crippen LogP contribution in [0.1, 0.15) is 57.6 Å². The summed E-state index contributed by atoms with van der Waals surface area (Å²) in [4.78, 5) is 2.53. The van der Waals surface area contributed by atoms with E-state index in [1.165, 1.54) is 37.1 Å². The first-order valence-corrected chi connectivity index (χ1v) is 9.01. The minimum atomic E-state index is 0.145. The molecule has 0 spiro atoms. The molecule has 1 aliphatic rings. The van der Waals surface area contributed by atoms with Crippen LogP contribution in [0.5, 0.6) is 5.75 Å². The maximum absolute atomic E-state index is 6.22. The zero-order chi connectivity index (χ0) is 17.0. The molecule has 3 heteroatoms. The maximum atomic E-state index is 6.22. The van der Waals surface area contributed by atoms with E-state index in [9.17, 15) is 0 Å². The Morgan fingerprint density at radius 2 is 1.91 bits per heavy atom. The van der Waals surface area contributed by atoms with Gasteiger partial charge in [-0.2, -0.15) is 0 Å². The number of methoxy groups -OCH3 is 1. The van der Waals surface area contributed by atoms with Gasteiger partial charge in [-0.1, -0.05) is 39.8 Å². The molecule has 0 saturated carbocycles. The van der Waals surface area contributed by atoms with Crippen molar-refractivity contribution in [2.45, 2.75) is 51.9 Å². The van der Waals surface area contributed by atoms with E-state index in [0.717, 1.165) is 12.3 Å². The average Bonchev–Trinajstić information content (AvgIpc) is 2.55. The van der Waals surface area contributed by atoms with Crippen LogP contribution in [0.2, 0.25) is 0 Å². The number of hydrogen-bond acceptors (Lipinski definition) is 3. The molecule has 1 fully saturated rings. The number of nitrogens with two attached hydrogens (primary N) is 1. The molecule has 23 heavy (non-hydrogen) atoms. The number of hydrogen-bond donors (Lipinski definition) is 1. The highest BCUT2D eigenvalue weighted by atomic mass is 16.5. The Hall–Kier alpha value is -1.06. The van der Waals surface area contributed by atoms with Crippen LogP contribution in [-0.4, -0.2) is 38.2 Å². The molecule has 1 aromatic carbocycles. The summed E-state index contributed by atoms with van der Waals surface area (Å²) in [6.45, 7) is 13.3. The first kappa shape index (κ1) is 18.3. The number of ether oxygens (including phenoxy) is 1. The fourth-order valence-corrected chi connectivity index (χ4v) is 3.74. The quantitative estimate of drug-likeness (QED) is 0.898. The van der Waals surface area contributed by atoms with Crippen molar-refractivity contribution in [1.29, 1.82) is 0 Å². The molecular weight excluding hydrogens is 284 g/mol. The van der Waals surface area contributed by atoms with Gasteiger partial charge in [0.05, 0.1) is 7.11 Å². The van der Waals surface area contributed by atoms with Gasteiger partial charge in [-0.25, -0.2) is 0 Å². The Morgan fingerprint density at radius 3 is 2.39 bits per heavy atom. The summed E-state index contributed by atoms with van der Waals surface area (Å²) in [7, 11) is 1.77. The molecule has 1 aromatic rings. The molecule has 130 valence electrons. The lowest BCUT2D eigenvalue weighted by Crippen LogP contribution is -2.37. The van der Waals surface area contributed by atoms with E-state index in [-0.39, 0.29) is 5.41 Å². The SMILES string of the molecule is CCN1CCC(C(CN)c2cc(C(C)(C)C)ccc2OC)CC1. The monoisotopic (exact) mass is 318 g/mol. The normalized spacial score (nSPS) is 18.9. The Kier molecular flexibility index (Phi) is 6.10. The van der Waals surface area contributed by atoms with E-state index in [0.29, 0.717) is 18.4 Å². The van der Waals surface area contributed by atoms with Gasteiger partial charge in [0.15, 0.2) is 0 Å². The number of benzene rings is 1. The summed E-state index contributed by atoms with van der Waals surface area (Å²) in [5.41, 5.74) is 9.02. The van der Waals surface area contributed by atoms with Crippen LogP contribution >= 0.6 is 0 Å². The molecular formula is C20H34N2O. The molecule has 1 atom stereocenters. The van der Waals surface area contributed by atoms with Crippen molar-refractivity contribution in [2.24, 2.45) is 11.7 Å². The molecule has 0 aromatic heterocycles. The second-order valence-corrected chi connectivity index (χ2v) is 7.82.